The quantitative estimate of drug-likeness (QED) is 0.721. The highest BCUT2D eigenvalue weighted by molar-refractivity contribution is 6.31. The molecule has 0 heterocycles. The molecule has 2 rings (SSSR count). The molecule has 0 bridgehead atoms. The third kappa shape index (κ3) is 2.81. The molecule has 2 aromatic rings. The Morgan fingerprint density at radius 2 is 1.89 bits per heavy atom. The summed E-state index contributed by atoms with van der Waals surface area (Å²) in [7, 11) is 0. The SMILES string of the molecule is N#C/C=C\c1ccc(F)c(-c2cccc(Cl)c2F)c1. The number of benzene rings is 2. The third-order valence-electron chi connectivity index (χ3n) is 2.58. The fourth-order valence-electron chi connectivity index (χ4n) is 1.70. The third-order valence-corrected chi connectivity index (χ3v) is 2.87. The molecule has 0 spiro atoms. The van der Waals surface area contributed by atoms with Gasteiger partial charge in [-0.15, -0.1) is 0 Å². The molecule has 0 aliphatic heterocycles. The van der Waals surface area contributed by atoms with Gasteiger partial charge in [-0.05, 0) is 29.8 Å². The summed E-state index contributed by atoms with van der Waals surface area (Å²) < 4.78 is 27.7. The minimum Gasteiger partial charge on any atom is -0.206 e. The number of rotatable bonds is 2. The maximum absolute atomic E-state index is 13.9. The van der Waals surface area contributed by atoms with Crippen molar-refractivity contribution in [2.75, 3.05) is 0 Å². The highest BCUT2D eigenvalue weighted by Gasteiger charge is 2.12. The molecule has 0 N–H and O–H groups in total. The maximum atomic E-state index is 13.9. The van der Waals surface area contributed by atoms with Crippen molar-refractivity contribution in [2.45, 2.75) is 0 Å². The Bertz CT molecular complexity index is 687. The Kier molecular flexibility index (Phi) is 3.94. The Morgan fingerprint density at radius 3 is 2.63 bits per heavy atom. The smallest absolute Gasteiger partial charge is 0.149 e. The van der Waals surface area contributed by atoms with Crippen LogP contribution in [0.1, 0.15) is 5.56 Å². The number of halogens is 3. The van der Waals surface area contributed by atoms with E-state index in [0.29, 0.717) is 5.56 Å². The second-order valence-corrected chi connectivity index (χ2v) is 4.21. The topological polar surface area (TPSA) is 23.8 Å². The summed E-state index contributed by atoms with van der Waals surface area (Å²) in [5.74, 6) is -1.21. The van der Waals surface area contributed by atoms with Gasteiger partial charge in [0.15, 0.2) is 0 Å². The lowest BCUT2D eigenvalue weighted by atomic mass is 10.0. The highest BCUT2D eigenvalue weighted by Crippen LogP contribution is 2.30. The molecule has 0 aliphatic carbocycles. The van der Waals surface area contributed by atoms with Gasteiger partial charge >= 0.3 is 0 Å². The van der Waals surface area contributed by atoms with Crippen molar-refractivity contribution >= 4 is 17.7 Å². The average molecular weight is 276 g/mol. The molecule has 94 valence electrons. The van der Waals surface area contributed by atoms with Gasteiger partial charge in [0.05, 0.1) is 11.1 Å². The van der Waals surface area contributed by atoms with E-state index in [0.717, 1.165) is 0 Å². The molecule has 2 aromatic carbocycles. The Morgan fingerprint density at radius 1 is 1.11 bits per heavy atom. The number of nitriles is 1. The highest BCUT2D eigenvalue weighted by atomic mass is 35.5. The number of hydrogen-bond donors (Lipinski definition) is 0. The van der Waals surface area contributed by atoms with E-state index in [1.54, 1.807) is 6.07 Å². The van der Waals surface area contributed by atoms with Crippen LogP contribution in [0.4, 0.5) is 8.78 Å². The van der Waals surface area contributed by atoms with Gasteiger partial charge < -0.3 is 0 Å². The molecule has 0 radical (unpaired) electrons. The summed E-state index contributed by atoms with van der Waals surface area (Å²) in [6.07, 6.45) is 2.79. The second-order valence-electron chi connectivity index (χ2n) is 3.80. The fourth-order valence-corrected chi connectivity index (χ4v) is 1.87. The molecular formula is C15H8ClF2N. The molecule has 0 saturated carbocycles. The van der Waals surface area contributed by atoms with E-state index in [2.05, 4.69) is 0 Å². The zero-order chi connectivity index (χ0) is 13.8. The number of hydrogen-bond acceptors (Lipinski definition) is 1. The van der Waals surface area contributed by atoms with Gasteiger partial charge in [-0.1, -0.05) is 29.8 Å². The Balaban J connectivity index is 2.58. The normalized spacial score (nSPS) is 10.6. The fraction of sp³-hybridized carbons (Fsp3) is 0. The first-order valence-electron chi connectivity index (χ1n) is 5.43. The van der Waals surface area contributed by atoms with E-state index in [4.69, 9.17) is 16.9 Å². The van der Waals surface area contributed by atoms with Crippen molar-refractivity contribution < 1.29 is 8.78 Å². The largest absolute Gasteiger partial charge is 0.206 e. The van der Waals surface area contributed by atoms with Gasteiger partial charge in [0, 0.05) is 17.2 Å². The van der Waals surface area contributed by atoms with E-state index in [-0.39, 0.29) is 16.1 Å². The second kappa shape index (κ2) is 5.64. The number of allylic oxidation sites excluding steroid dienone is 1. The van der Waals surface area contributed by atoms with Gasteiger partial charge in [-0.2, -0.15) is 5.26 Å². The summed E-state index contributed by atoms with van der Waals surface area (Å²) >= 11 is 5.68. The van der Waals surface area contributed by atoms with Gasteiger partial charge in [-0.3, -0.25) is 0 Å². The van der Waals surface area contributed by atoms with Gasteiger partial charge in [0.2, 0.25) is 0 Å². The standard InChI is InChI=1S/C15H8ClF2N/c16-13-5-1-4-11(15(13)18)12-9-10(3-2-8-19)6-7-14(12)17/h1-7,9H/b3-2-. The van der Waals surface area contributed by atoms with Crippen LogP contribution in [0.5, 0.6) is 0 Å². The first-order chi connectivity index (χ1) is 9.13. The van der Waals surface area contributed by atoms with Crippen LogP contribution in [0, 0.1) is 23.0 Å². The van der Waals surface area contributed by atoms with Crippen LogP contribution in [0.15, 0.2) is 42.5 Å². The van der Waals surface area contributed by atoms with Crippen molar-refractivity contribution in [2.24, 2.45) is 0 Å². The van der Waals surface area contributed by atoms with E-state index in [1.807, 2.05) is 6.07 Å². The first-order valence-corrected chi connectivity index (χ1v) is 5.81. The zero-order valence-electron chi connectivity index (χ0n) is 9.70. The van der Waals surface area contributed by atoms with E-state index in [1.165, 1.54) is 42.5 Å². The van der Waals surface area contributed by atoms with Gasteiger partial charge in [-0.25, -0.2) is 8.78 Å². The average Bonchev–Trinajstić information content (AvgIpc) is 2.41. The summed E-state index contributed by atoms with van der Waals surface area (Å²) in [5, 5.41) is 8.40. The molecule has 0 unspecified atom stereocenters. The van der Waals surface area contributed by atoms with Crippen molar-refractivity contribution in [3.8, 4) is 17.2 Å². The van der Waals surface area contributed by atoms with Gasteiger partial charge in [0.25, 0.3) is 0 Å². The van der Waals surface area contributed by atoms with E-state index in [9.17, 15) is 8.78 Å². The lowest BCUT2D eigenvalue weighted by molar-refractivity contribution is 0.616. The van der Waals surface area contributed by atoms with Crippen molar-refractivity contribution in [1.29, 1.82) is 5.26 Å². The summed E-state index contributed by atoms with van der Waals surface area (Å²) in [6.45, 7) is 0. The Hall–Kier alpha value is -2.18. The maximum Gasteiger partial charge on any atom is 0.149 e. The van der Waals surface area contributed by atoms with Crippen molar-refractivity contribution in [1.82, 2.24) is 0 Å². The first kappa shape index (κ1) is 13.3. The van der Waals surface area contributed by atoms with Crippen LogP contribution in [0.2, 0.25) is 5.02 Å². The Labute approximate surface area is 114 Å². The molecule has 0 amide bonds. The van der Waals surface area contributed by atoms with Gasteiger partial charge in [0.1, 0.15) is 11.6 Å². The van der Waals surface area contributed by atoms with Crippen LogP contribution in [0.3, 0.4) is 0 Å². The zero-order valence-corrected chi connectivity index (χ0v) is 10.5. The monoisotopic (exact) mass is 275 g/mol. The van der Waals surface area contributed by atoms with Crippen LogP contribution in [0.25, 0.3) is 17.2 Å². The predicted octanol–water partition coefficient (Wildman–Crippen LogP) is 4.82. The summed E-state index contributed by atoms with van der Waals surface area (Å²) in [5.41, 5.74) is 0.814. The molecule has 0 aromatic heterocycles. The summed E-state index contributed by atoms with van der Waals surface area (Å²) in [4.78, 5) is 0. The minimum atomic E-state index is -0.663. The molecule has 19 heavy (non-hydrogen) atoms. The molecule has 0 saturated heterocycles. The minimum absolute atomic E-state index is 0.0603. The summed E-state index contributed by atoms with van der Waals surface area (Å²) in [6, 6.07) is 10.5. The van der Waals surface area contributed by atoms with Crippen LogP contribution < -0.4 is 0 Å². The van der Waals surface area contributed by atoms with E-state index >= 15 is 0 Å². The predicted molar refractivity (Wildman–Crippen MR) is 71.5 cm³/mol. The molecule has 0 fully saturated rings. The molecule has 0 atom stereocenters. The molecule has 0 aliphatic rings. The molecule has 4 heteroatoms. The number of nitrogens with zero attached hydrogens (tertiary/aromatic N) is 1. The van der Waals surface area contributed by atoms with Crippen LogP contribution >= 0.6 is 11.6 Å². The van der Waals surface area contributed by atoms with E-state index < -0.39 is 11.6 Å². The van der Waals surface area contributed by atoms with Crippen molar-refractivity contribution in [3.63, 3.8) is 0 Å². The molecule has 1 nitrogen and oxygen atoms in total. The lowest BCUT2D eigenvalue weighted by Crippen LogP contribution is -1.90. The van der Waals surface area contributed by atoms with Crippen LogP contribution in [-0.2, 0) is 0 Å². The molecular weight excluding hydrogens is 268 g/mol. The van der Waals surface area contributed by atoms with Crippen molar-refractivity contribution in [3.05, 3.63) is 64.7 Å². The lowest BCUT2D eigenvalue weighted by Gasteiger charge is -2.07. The van der Waals surface area contributed by atoms with Crippen LogP contribution in [-0.4, -0.2) is 0 Å².